The average molecular weight is 289 g/mol. The maximum Gasteiger partial charge on any atom is 0.323 e. The van der Waals surface area contributed by atoms with Crippen LogP contribution in [-0.4, -0.2) is 34.5 Å². The molecule has 4 heteroatoms. The zero-order chi connectivity index (χ0) is 15.4. The lowest BCUT2D eigenvalue weighted by atomic mass is 9.82. The molecular formula is C17H23NO3. The Hall–Kier alpha value is -1.84. The Bertz CT molecular complexity index is 525. The molecule has 0 heterocycles. The molecule has 0 fully saturated rings. The van der Waals surface area contributed by atoms with Crippen LogP contribution < -0.4 is 0 Å². The molecule has 1 amide bonds. The largest absolute Gasteiger partial charge is 0.480 e. The number of aliphatic carboxylic acids is 1. The van der Waals surface area contributed by atoms with E-state index in [1.54, 1.807) is 0 Å². The number of benzene rings is 1. The minimum absolute atomic E-state index is 0.0446. The van der Waals surface area contributed by atoms with Gasteiger partial charge in [-0.05, 0) is 50.2 Å². The SMILES string of the molecule is CC(C)N(CC(=O)O)C(=O)CC1CCc2ccccc2C1. The molecule has 0 spiro atoms. The Morgan fingerprint density at radius 1 is 1.29 bits per heavy atom. The molecule has 21 heavy (non-hydrogen) atoms. The maximum absolute atomic E-state index is 12.4. The Kier molecular flexibility index (Phi) is 4.99. The van der Waals surface area contributed by atoms with E-state index in [0.717, 1.165) is 19.3 Å². The van der Waals surface area contributed by atoms with Gasteiger partial charge in [0.1, 0.15) is 6.54 Å². The van der Waals surface area contributed by atoms with Crippen LogP contribution in [0.3, 0.4) is 0 Å². The lowest BCUT2D eigenvalue weighted by Gasteiger charge is -2.29. The molecule has 114 valence electrons. The standard InChI is InChI=1S/C17H23NO3/c1-12(2)18(11-17(20)21)16(19)10-13-7-8-14-5-3-4-6-15(14)9-13/h3-6,12-13H,7-11H2,1-2H3,(H,20,21). The van der Waals surface area contributed by atoms with Crippen LogP contribution in [0.1, 0.15) is 37.8 Å². The van der Waals surface area contributed by atoms with Crippen molar-refractivity contribution in [3.05, 3.63) is 35.4 Å². The summed E-state index contributed by atoms with van der Waals surface area (Å²) in [6.45, 7) is 3.51. The third-order valence-corrected chi connectivity index (χ3v) is 4.16. The summed E-state index contributed by atoms with van der Waals surface area (Å²) in [5.74, 6) is -0.676. The smallest absolute Gasteiger partial charge is 0.323 e. The van der Waals surface area contributed by atoms with Crippen LogP contribution in [0.5, 0.6) is 0 Å². The van der Waals surface area contributed by atoms with Crippen molar-refractivity contribution in [1.82, 2.24) is 4.90 Å². The van der Waals surface area contributed by atoms with Gasteiger partial charge in [0.15, 0.2) is 0 Å². The summed E-state index contributed by atoms with van der Waals surface area (Å²) >= 11 is 0. The number of amides is 1. The molecule has 4 nitrogen and oxygen atoms in total. The van der Waals surface area contributed by atoms with E-state index >= 15 is 0 Å². The van der Waals surface area contributed by atoms with Crippen molar-refractivity contribution in [2.75, 3.05) is 6.54 Å². The highest BCUT2D eigenvalue weighted by Crippen LogP contribution is 2.28. The molecule has 1 aliphatic carbocycles. The Morgan fingerprint density at radius 2 is 1.95 bits per heavy atom. The third-order valence-electron chi connectivity index (χ3n) is 4.16. The van der Waals surface area contributed by atoms with Crippen molar-refractivity contribution in [1.29, 1.82) is 0 Å². The summed E-state index contributed by atoms with van der Waals surface area (Å²) in [6.07, 6.45) is 3.37. The van der Waals surface area contributed by atoms with E-state index in [4.69, 9.17) is 5.11 Å². The number of nitrogens with zero attached hydrogens (tertiary/aromatic N) is 1. The molecule has 0 bridgehead atoms. The van der Waals surface area contributed by atoms with E-state index in [2.05, 4.69) is 18.2 Å². The first kappa shape index (κ1) is 15.5. The van der Waals surface area contributed by atoms with E-state index < -0.39 is 5.97 Å². The molecule has 1 atom stereocenters. The normalized spacial score (nSPS) is 17.4. The predicted molar refractivity (Wildman–Crippen MR) is 81.1 cm³/mol. The third kappa shape index (κ3) is 4.06. The van der Waals surface area contributed by atoms with E-state index in [-0.39, 0.29) is 18.5 Å². The van der Waals surface area contributed by atoms with Crippen molar-refractivity contribution in [3.63, 3.8) is 0 Å². The second-order valence-electron chi connectivity index (χ2n) is 6.09. The molecule has 0 saturated heterocycles. The van der Waals surface area contributed by atoms with Gasteiger partial charge in [0, 0.05) is 12.5 Å². The van der Waals surface area contributed by atoms with Gasteiger partial charge in [-0.1, -0.05) is 24.3 Å². The van der Waals surface area contributed by atoms with Gasteiger partial charge >= 0.3 is 5.97 Å². The second-order valence-corrected chi connectivity index (χ2v) is 6.09. The van der Waals surface area contributed by atoms with Crippen molar-refractivity contribution >= 4 is 11.9 Å². The number of carboxylic acids is 1. The van der Waals surface area contributed by atoms with Gasteiger partial charge in [-0.2, -0.15) is 0 Å². The number of carbonyl (C=O) groups is 2. The molecule has 2 rings (SSSR count). The molecule has 0 radical (unpaired) electrons. The van der Waals surface area contributed by atoms with Crippen molar-refractivity contribution in [3.8, 4) is 0 Å². The van der Waals surface area contributed by atoms with Crippen LogP contribution in [0, 0.1) is 5.92 Å². The van der Waals surface area contributed by atoms with Crippen LogP contribution in [-0.2, 0) is 22.4 Å². The zero-order valence-electron chi connectivity index (χ0n) is 12.7. The molecular weight excluding hydrogens is 266 g/mol. The summed E-state index contributed by atoms with van der Waals surface area (Å²) in [5.41, 5.74) is 2.71. The van der Waals surface area contributed by atoms with Gasteiger partial charge in [-0.3, -0.25) is 9.59 Å². The molecule has 1 aliphatic rings. The average Bonchev–Trinajstić information content (AvgIpc) is 2.44. The van der Waals surface area contributed by atoms with Gasteiger partial charge in [-0.15, -0.1) is 0 Å². The predicted octanol–water partition coefficient (Wildman–Crippen LogP) is 2.50. The van der Waals surface area contributed by atoms with E-state index in [1.165, 1.54) is 16.0 Å². The Balaban J connectivity index is 1.98. The van der Waals surface area contributed by atoms with Gasteiger partial charge in [0.25, 0.3) is 0 Å². The van der Waals surface area contributed by atoms with E-state index in [0.29, 0.717) is 12.3 Å². The van der Waals surface area contributed by atoms with Gasteiger partial charge in [0.05, 0.1) is 0 Å². The zero-order valence-corrected chi connectivity index (χ0v) is 12.7. The van der Waals surface area contributed by atoms with Crippen LogP contribution in [0.4, 0.5) is 0 Å². The number of aryl methyl sites for hydroxylation is 1. The van der Waals surface area contributed by atoms with E-state index in [1.807, 2.05) is 19.9 Å². The molecule has 0 aliphatic heterocycles. The number of carboxylic acid groups (broad SMARTS) is 1. The second kappa shape index (κ2) is 6.74. The Labute approximate surface area is 125 Å². The number of hydrogen-bond acceptors (Lipinski definition) is 2. The molecule has 1 aromatic rings. The summed E-state index contributed by atoms with van der Waals surface area (Å²) in [4.78, 5) is 24.7. The number of fused-ring (bicyclic) bond motifs is 1. The number of rotatable bonds is 5. The van der Waals surface area contributed by atoms with Crippen LogP contribution in [0.2, 0.25) is 0 Å². The molecule has 1 aromatic carbocycles. The lowest BCUT2D eigenvalue weighted by Crippen LogP contribution is -2.41. The van der Waals surface area contributed by atoms with E-state index in [9.17, 15) is 9.59 Å². The highest BCUT2D eigenvalue weighted by atomic mass is 16.4. The summed E-state index contributed by atoms with van der Waals surface area (Å²) < 4.78 is 0. The van der Waals surface area contributed by atoms with Crippen molar-refractivity contribution < 1.29 is 14.7 Å². The highest BCUT2D eigenvalue weighted by molar-refractivity contribution is 5.81. The molecule has 0 saturated carbocycles. The van der Waals surface area contributed by atoms with Crippen LogP contribution in [0.25, 0.3) is 0 Å². The molecule has 0 aromatic heterocycles. The fourth-order valence-corrected chi connectivity index (χ4v) is 3.02. The number of carbonyl (C=O) groups excluding carboxylic acids is 1. The lowest BCUT2D eigenvalue weighted by molar-refractivity contribution is -0.146. The Morgan fingerprint density at radius 3 is 2.57 bits per heavy atom. The topological polar surface area (TPSA) is 57.6 Å². The van der Waals surface area contributed by atoms with Gasteiger partial charge in [0.2, 0.25) is 5.91 Å². The first-order chi connectivity index (χ1) is 9.97. The van der Waals surface area contributed by atoms with Crippen molar-refractivity contribution in [2.24, 2.45) is 5.92 Å². The minimum atomic E-state index is -0.953. The molecule has 1 N–H and O–H groups in total. The fraction of sp³-hybridized carbons (Fsp3) is 0.529. The van der Waals surface area contributed by atoms with Gasteiger partial charge < -0.3 is 10.0 Å². The summed E-state index contributed by atoms with van der Waals surface area (Å²) in [7, 11) is 0. The van der Waals surface area contributed by atoms with Crippen molar-refractivity contribution in [2.45, 2.75) is 45.6 Å². The number of hydrogen-bond donors (Lipinski definition) is 1. The first-order valence-corrected chi connectivity index (χ1v) is 7.55. The monoisotopic (exact) mass is 289 g/mol. The fourth-order valence-electron chi connectivity index (χ4n) is 3.02. The van der Waals surface area contributed by atoms with Crippen LogP contribution >= 0.6 is 0 Å². The maximum atomic E-state index is 12.4. The first-order valence-electron chi connectivity index (χ1n) is 7.55. The summed E-state index contributed by atoms with van der Waals surface area (Å²) in [5, 5.41) is 8.92. The quantitative estimate of drug-likeness (QED) is 0.906. The molecule has 1 unspecified atom stereocenters. The minimum Gasteiger partial charge on any atom is -0.480 e. The van der Waals surface area contributed by atoms with Crippen LogP contribution in [0.15, 0.2) is 24.3 Å². The summed E-state index contributed by atoms with van der Waals surface area (Å²) in [6, 6.07) is 8.29. The van der Waals surface area contributed by atoms with Gasteiger partial charge in [-0.25, -0.2) is 0 Å². The highest BCUT2D eigenvalue weighted by Gasteiger charge is 2.25.